The topological polar surface area (TPSA) is 19.0 Å². The van der Waals surface area contributed by atoms with Gasteiger partial charge in [-0.25, -0.2) is 0 Å². The van der Waals surface area contributed by atoms with Gasteiger partial charge in [0, 0.05) is 64.4 Å². The van der Waals surface area contributed by atoms with Gasteiger partial charge in [-0.1, -0.05) is 11.9 Å². The highest BCUT2D eigenvalue weighted by atomic mass is 32.2. The van der Waals surface area contributed by atoms with E-state index in [9.17, 15) is 0 Å². The van der Waals surface area contributed by atoms with Gasteiger partial charge >= 0.3 is 0 Å². The van der Waals surface area contributed by atoms with Crippen LogP contribution in [0.25, 0.3) is 0 Å². The standard InChI is InChI=1S/C16H31N3OS/c1-3-20-9-8-17-11-16(12-17)13-18(14-16)10-15-4-6-19(21-2)7-5-15/h15H,3-14H2,1-2H3. The SMILES string of the molecule is CCOCCN1CC2(C1)CN(CC1CCN(SC)CC1)C2. The van der Waals surface area contributed by atoms with E-state index in [4.69, 9.17) is 4.74 Å². The van der Waals surface area contributed by atoms with Crippen molar-refractivity contribution < 1.29 is 4.74 Å². The maximum Gasteiger partial charge on any atom is 0.0593 e. The summed E-state index contributed by atoms with van der Waals surface area (Å²) in [5.41, 5.74) is 0.659. The fraction of sp³-hybridized carbons (Fsp3) is 1.00. The Morgan fingerprint density at radius 3 is 2.38 bits per heavy atom. The van der Waals surface area contributed by atoms with E-state index in [2.05, 4.69) is 27.3 Å². The number of ether oxygens (including phenoxy) is 1. The van der Waals surface area contributed by atoms with Gasteiger partial charge < -0.3 is 9.64 Å². The van der Waals surface area contributed by atoms with Crippen molar-refractivity contribution in [3.8, 4) is 0 Å². The molecule has 0 unspecified atom stereocenters. The van der Waals surface area contributed by atoms with Crippen LogP contribution in [0.15, 0.2) is 0 Å². The second-order valence-electron chi connectivity index (χ2n) is 7.13. The summed E-state index contributed by atoms with van der Waals surface area (Å²) in [4.78, 5) is 5.27. The van der Waals surface area contributed by atoms with Crippen LogP contribution < -0.4 is 0 Å². The molecule has 0 aromatic heterocycles. The molecule has 3 aliphatic heterocycles. The van der Waals surface area contributed by atoms with Gasteiger partial charge in [0.15, 0.2) is 0 Å². The number of likely N-dealkylation sites (tertiary alicyclic amines) is 2. The third-order valence-corrected chi connectivity index (χ3v) is 6.22. The van der Waals surface area contributed by atoms with E-state index in [1.54, 1.807) is 0 Å². The summed E-state index contributed by atoms with van der Waals surface area (Å²) in [6.45, 7) is 14.2. The van der Waals surface area contributed by atoms with E-state index in [0.717, 1.165) is 25.7 Å². The van der Waals surface area contributed by atoms with Gasteiger partial charge in [0.1, 0.15) is 0 Å². The molecule has 0 N–H and O–H groups in total. The monoisotopic (exact) mass is 313 g/mol. The molecule has 0 bridgehead atoms. The average molecular weight is 314 g/mol. The molecule has 1 spiro atoms. The average Bonchev–Trinajstić information content (AvgIpc) is 2.43. The molecule has 4 nitrogen and oxygen atoms in total. The Balaban J connectivity index is 1.27. The van der Waals surface area contributed by atoms with Crippen molar-refractivity contribution in [1.82, 2.24) is 14.1 Å². The van der Waals surface area contributed by atoms with Crippen molar-refractivity contribution in [3.63, 3.8) is 0 Å². The van der Waals surface area contributed by atoms with Crippen LogP contribution in [0.3, 0.4) is 0 Å². The minimum atomic E-state index is 0.659. The van der Waals surface area contributed by atoms with Crippen LogP contribution in [0.2, 0.25) is 0 Å². The highest BCUT2D eigenvalue weighted by molar-refractivity contribution is 7.96. The zero-order chi connectivity index (χ0) is 14.7. The van der Waals surface area contributed by atoms with Gasteiger partial charge in [-0.3, -0.25) is 9.21 Å². The Morgan fingerprint density at radius 2 is 1.76 bits per heavy atom. The molecule has 0 saturated carbocycles. The Kier molecular flexibility index (Phi) is 5.49. The highest BCUT2D eigenvalue weighted by Gasteiger charge is 2.51. The third kappa shape index (κ3) is 3.94. The molecule has 0 radical (unpaired) electrons. The van der Waals surface area contributed by atoms with Gasteiger partial charge in [-0.15, -0.1) is 0 Å². The first-order chi connectivity index (χ1) is 10.2. The number of hydrogen-bond donors (Lipinski definition) is 0. The van der Waals surface area contributed by atoms with Crippen LogP contribution >= 0.6 is 11.9 Å². The molecule has 3 aliphatic rings. The zero-order valence-electron chi connectivity index (χ0n) is 13.7. The highest BCUT2D eigenvalue weighted by Crippen LogP contribution is 2.40. The Hall–Kier alpha value is 0.190. The largest absolute Gasteiger partial charge is 0.380 e. The van der Waals surface area contributed by atoms with Crippen molar-refractivity contribution in [3.05, 3.63) is 0 Å². The molecule has 0 atom stereocenters. The van der Waals surface area contributed by atoms with Crippen LogP contribution in [0, 0.1) is 11.3 Å². The molecule has 0 aromatic rings. The molecule has 122 valence electrons. The molecular weight excluding hydrogens is 282 g/mol. The summed E-state index contributed by atoms with van der Waals surface area (Å²) in [5.74, 6) is 0.944. The van der Waals surface area contributed by atoms with E-state index in [1.165, 1.54) is 58.7 Å². The van der Waals surface area contributed by atoms with Crippen molar-refractivity contribution in [2.45, 2.75) is 19.8 Å². The predicted octanol–water partition coefficient (Wildman–Crippen LogP) is 1.63. The normalized spacial score (nSPS) is 27.7. The van der Waals surface area contributed by atoms with Crippen molar-refractivity contribution in [1.29, 1.82) is 0 Å². The zero-order valence-corrected chi connectivity index (χ0v) is 14.5. The van der Waals surface area contributed by atoms with Crippen LogP contribution in [-0.2, 0) is 4.74 Å². The first-order valence-electron chi connectivity index (χ1n) is 8.54. The molecule has 3 heterocycles. The molecule has 21 heavy (non-hydrogen) atoms. The number of rotatable bonds is 7. The van der Waals surface area contributed by atoms with E-state index in [1.807, 2.05) is 11.9 Å². The quantitative estimate of drug-likeness (QED) is 0.524. The molecule has 0 amide bonds. The van der Waals surface area contributed by atoms with Crippen molar-refractivity contribution in [2.24, 2.45) is 11.3 Å². The maximum absolute atomic E-state index is 5.44. The molecule has 3 saturated heterocycles. The maximum atomic E-state index is 5.44. The summed E-state index contributed by atoms with van der Waals surface area (Å²) in [5, 5.41) is 0. The smallest absolute Gasteiger partial charge is 0.0593 e. The predicted molar refractivity (Wildman–Crippen MR) is 89.6 cm³/mol. The number of nitrogens with zero attached hydrogens (tertiary/aromatic N) is 3. The Morgan fingerprint density at radius 1 is 1.10 bits per heavy atom. The van der Waals surface area contributed by atoms with Crippen LogP contribution in [-0.4, -0.2) is 85.9 Å². The summed E-state index contributed by atoms with van der Waals surface area (Å²) >= 11 is 1.91. The van der Waals surface area contributed by atoms with Gasteiger partial charge in [0.25, 0.3) is 0 Å². The Labute approximate surface area is 134 Å². The second kappa shape index (κ2) is 7.18. The molecule has 0 aliphatic carbocycles. The fourth-order valence-corrected chi connectivity index (χ4v) is 4.85. The molecule has 3 rings (SSSR count). The summed E-state index contributed by atoms with van der Waals surface area (Å²) in [6, 6.07) is 0. The molecule has 0 aromatic carbocycles. The minimum absolute atomic E-state index is 0.659. The van der Waals surface area contributed by atoms with E-state index < -0.39 is 0 Å². The van der Waals surface area contributed by atoms with Gasteiger partial charge in [-0.05, 0) is 31.9 Å². The molecule has 5 heteroatoms. The van der Waals surface area contributed by atoms with Crippen molar-refractivity contribution in [2.75, 3.05) is 71.8 Å². The number of hydrogen-bond acceptors (Lipinski definition) is 5. The second-order valence-corrected chi connectivity index (χ2v) is 8.01. The lowest BCUT2D eigenvalue weighted by molar-refractivity contribution is -0.124. The van der Waals surface area contributed by atoms with Gasteiger partial charge in [0.2, 0.25) is 0 Å². The lowest BCUT2D eigenvalue weighted by Gasteiger charge is -2.61. The summed E-state index contributed by atoms with van der Waals surface area (Å²) in [6.07, 6.45) is 4.99. The first-order valence-corrected chi connectivity index (χ1v) is 9.73. The lowest BCUT2D eigenvalue weighted by Crippen LogP contribution is -2.72. The van der Waals surface area contributed by atoms with E-state index >= 15 is 0 Å². The molecular formula is C16H31N3OS. The van der Waals surface area contributed by atoms with Crippen molar-refractivity contribution >= 4 is 11.9 Å². The summed E-state index contributed by atoms with van der Waals surface area (Å²) in [7, 11) is 0. The van der Waals surface area contributed by atoms with E-state index in [-0.39, 0.29) is 0 Å². The third-order valence-electron chi connectivity index (χ3n) is 5.34. The Bertz CT molecular complexity index is 319. The van der Waals surface area contributed by atoms with Crippen LogP contribution in [0.4, 0.5) is 0 Å². The van der Waals surface area contributed by atoms with Gasteiger partial charge in [-0.2, -0.15) is 0 Å². The van der Waals surface area contributed by atoms with Crippen LogP contribution in [0.5, 0.6) is 0 Å². The fourth-order valence-electron chi connectivity index (χ4n) is 4.27. The number of piperidine rings is 1. The lowest BCUT2D eigenvalue weighted by atomic mass is 9.72. The summed E-state index contributed by atoms with van der Waals surface area (Å²) < 4.78 is 7.95. The van der Waals surface area contributed by atoms with E-state index in [0.29, 0.717) is 5.41 Å². The first kappa shape index (κ1) is 16.1. The minimum Gasteiger partial charge on any atom is -0.380 e. The van der Waals surface area contributed by atoms with Gasteiger partial charge in [0.05, 0.1) is 6.61 Å². The van der Waals surface area contributed by atoms with Crippen LogP contribution in [0.1, 0.15) is 19.8 Å². The molecule has 3 fully saturated rings.